The van der Waals surface area contributed by atoms with Crippen LogP contribution in [0.25, 0.3) is 10.9 Å². The zero-order chi connectivity index (χ0) is 18.0. The van der Waals surface area contributed by atoms with Crippen LogP contribution in [0.2, 0.25) is 0 Å². The molecule has 0 fully saturated rings. The average molecular weight is 414 g/mol. The molecule has 0 aliphatic carbocycles. The Hall–Kier alpha value is -2.10. The number of hydrogen-bond donors (Lipinski definition) is 0. The SMILES string of the molecule is CCSc1ccc(C#N)cc1Cn1cnc2cc(C)c(Br)cc2c1=O. The molecule has 0 atom stereocenters. The summed E-state index contributed by atoms with van der Waals surface area (Å²) in [5.74, 6) is 0.927. The van der Waals surface area contributed by atoms with Crippen LogP contribution in [-0.2, 0) is 6.54 Å². The average Bonchev–Trinajstić information content (AvgIpc) is 2.61. The molecule has 0 N–H and O–H groups in total. The highest BCUT2D eigenvalue weighted by Gasteiger charge is 2.10. The van der Waals surface area contributed by atoms with E-state index in [1.54, 1.807) is 22.7 Å². The molecule has 3 aromatic rings. The molecule has 25 heavy (non-hydrogen) atoms. The van der Waals surface area contributed by atoms with E-state index in [0.717, 1.165) is 26.2 Å². The molecule has 1 aromatic heterocycles. The van der Waals surface area contributed by atoms with E-state index < -0.39 is 0 Å². The molecule has 0 spiro atoms. The molecule has 2 aromatic carbocycles. The number of thioether (sulfide) groups is 1. The zero-order valence-corrected chi connectivity index (χ0v) is 16.3. The minimum absolute atomic E-state index is 0.0829. The molecule has 0 unspecified atom stereocenters. The lowest BCUT2D eigenvalue weighted by Crippen LogP contribution is -2.21. The number of aromatic nitrogens is 2. The molecule has 4 nitrogen and oxygen atoms in total. The van der Waals surface area contributed by atoms with Gasteiger partial charge in [0.25, 0.3) is 5.56 Å². The molecule has 0 radical (unpaired) electrons. The van der Waals surface area contributed by atoms with Crippen LogP contribution in [0.5, 0.6) is 0 Å². The molecule has 0 aliphatic rings. The summed E-state index contributed by atoms with van der Waals surface area (Å²) < 4.78 is 2.49. The van der Waals surface area contributed by atoms with Gasteiger partial charge in [-0.1, -0.05) is 22.9 Å². The van der Waals surface area contributed by atoms with Gasteiger partial charge in [-0.25, -0.2) is 4.98 Å². The molecule has 1 heterocycles. The first kappa shape index (κ1) is 17.7. The third-order valence-corrected chi connectivity index (χ3v) is 5.79. The molecular formula is C19H16BrN3OS. The van der Waals surface area contributed by atoms with Crippen LogP contribution in [0.1, 0.15) is 23.6 Å². The van der Waals surface area contributed by atoms with E-state index in [1.165, 1.54) is 0 Å². The maximum Gasteiger partial charge on any atom is 0.261 e. The first-order valence-corrected chi connectivity index (χ1v) is 9.62. The summed E-state index contributed by atoms with van der Waals surface area (Å²) in [6.07, 6.45) is 1.58. The highest BCUT2D eigenvalue weighted by atomic mass is 79.9. The van der Waals surface area contributed by atoms with Crippen molar-refractivity contribution in [2.45, 2.75) is 25.3 Å². The van der Waals surface area contributed by atoms with E-state index >= 15 is 0 Å². The zero-order valence-electron chi connectivity index (χ0n) is 13.9. The summed E-state index contributed by atoms with van der Waals surface area (Å²) in [4.78, 5) is 18.4. The van der Waals surface area contributed by atoms with Gasteiger partial charge in [0.15, 0.2) is 0 Å². The lowest BCUT2D eigenvalue weighted by molar-refractivity contribution is 0.738. The van der Waals surface area contributed by atoms with Crippen molar-refractivity contribution in [2.24, 2.45) is 0 Å². The van der Waals surface area contributed by atoms with Gasteiger partial charge in [-0.2, -0.15) is 5.26 Å². The fourth-order valence-corrected chi connectivity index (χ4v) is 3.78. The number of rotatable bonds is 4. The number of fused-ring (bicyclic) bond motifs is 1. The van der Waals surface area contributed by atoms with Crippen molar-refractivity contribution < 1.29 is 0 Å². The summed E-state index contributed by atoms with van der Waals surface area (Å²) in [5, 5.41) is 9.74. The van der Waals surface area contributed by atoms with E-state index in [0.29, 0.717) is 23.0 Å². The van der Waals surface area contributed by atoms with Gasteiger partial charge in [0.2, 0.25) is 0 Å². The van der Waals surface area contributed by atoms with Gasteiger partial charge >= 0.3 is 0 Å². The third-order valence-electron chi connectivity index (χ3n) is 3.93. The Kier molecular flexibility index (Phi) is 5.26. The Morgan fingerprint density at radius 3 is 2.84 bits per heavy atom. The minimum Gasteiger partial charge on any atom is -0.294 e. The van der Waals surface area contributed by atoms with Gasteiger partial charge in [-0.05, 0) is 54.1 Å². The highest BCUT2D eigenvalue weighted by Crippen LogP contribution is 2.25. The maximum absolute atomic E-state index is 12.9. The van der Waals surface area contributed by atoms with E-state index in [2.05, 4.69) is 33.9 Å². The molecular weight excluding hydrogens is 398 g/mol. The summed E-state index contributed by atoms with van der Waals surface area (Å²) in [6.45, 7) is 4.44. The summed E-state index contributed by atoms with van der Waals surface area (Å²) in [5.41, 5.74) is 3.20. The lowest BCUT2D eigenvalue weighted by Gasteiger charge is -2.12. The monoisotopic (exact) mass is 413 g/mol. The topological polar surface area (TPSA) is 58.7 Å². The number of halogens is 1. The summed E-state index contributed by atoms with van der Waals surface area (Å²) in [6, 6.07) is 11.5. The van der Waals surface area contributed by atoms with Crippen LogP contribution in [0.15, 0.2) is 50.8 Å². The second kappa shape index (κ2) is 7.42. The van der Waals surface area contributed by atoms with E-state index in [9.17, 15) is 4.79 Å². The van der Waals surface area contributed by atoms with Gasteiger partial charge in [0.1, 0.15) is 0 Å². The van der Waals surface area contributed by atoms with Crippen molar-refractivity contribution in [3.8, 4) is 6.07 Å². The predicted molar refractivity (Wildman–Crippen MR) is 105 cm³/mol. The van der Waals surface area contributed by atoms with Crippen molar-refractivity contribution in [3.05, 3.63) is 68.2 Å². The van der Waals surface area contributed by atoms with Crippen LogP contribution >= 0.6 is 27.7 Å². The van der Waals surface area contributed by atoms with Crippen LogP contribution in [0, 0.1) is 18.3 Å². The molecule has 126 valence electrons. The Labute approximate surface area is 158 Å². The number of hydrogen-bond acceptors (Lipinski definition) is 4. The van der Waals surface area contributed by atoms with Crippen molar-refractivity contribution in [1.82, 2.24) is 9.55 Å². The number of aryl methyl sites for hydroxylation is 1. The Morgan fingerprint density at radius 1 is 1.32 bits per heavy atom. The van der Waals surface area contributed by atoms with Crippen LogP contribution < -0.4 is 5.56 Å². The Balaban J connectivity index is 2.10. The van der Waals surface area contributed by atoms with Crippen molar-refractivity contribution in [3.63, 3.8) is 0 Å². The van der Waals surface area contributed by atoms with Crippen LogP contribution in [0.3, 0.4) is 0 Å². The summed E-state index contributed by atoms with van der Waals surface area (Å²) in [7, 11) is 0. The standard InChI is InChI=1S/C19H16BrN3OS/c1-3-25-18-5-4-13(9-21)7-14(18)10-23-11-22-17-6-12(2)16(20)8-15(17)19(23)24/h4-8,11H,3,10H2,1-2H3. The molecule has 0 saturated carbocycles. The van der Waals surface area contributed by atoms with Crippen molar-refractivity contribution >= 4 is 38.6 Å². The molecule has 0 bridgehead atoms. The molecule has 6 heteroatoms. The normalized spacial score (nSPS) is 10.8. The first-order valence-electron chi connectivity index (χ1n) is 7.84. The van der Waals surface area contributed by atoms with Gasteiger partial charge < -0.3 is 0 Å². The highest BCUT2D eigenvalue weighted by molar-refractivity contribution is 9.10. The minimum atomic E-state index is -0.0829. The quantitative estimate of drug-likeness (QED) is 0.590. The molecule has 0 saturated heterocycles. The second-order valence-electron chi connectivity index (χ2n) is 5.66. The van der Waals surface area contributed by atoms with Gasteiger partial charge in [-0.15, -0.1) is 11.8 Å². The predicted octanol–water partition coefficient (Wildman–Crippen LogP) is 4.50. The molecule has 0 aliphatic heterocycles. The van der Waals surface area contributed by atoms with Gasteiger partial charge in [0, 0.05) is 9.37 Å². The molecule has 3 rings (SSSR count). The smallest absolute Gasteiger partial charge is 0.261 e. The van der Waals surface area contributed by atoms with Crippen molar-refractivity contribution in [1.29, 1.82) is 5.26 Å². The lowest BCUT2D eigenvalue weighted by atomic mass is 10.1. The number of nitriles is 1. The van der Waals surface area contributed by atoms with E-state index in [4.69, 9.17) is 5.26 Å². The number of benzene rings is 2. The Bertz CT molecular complexity index is 1050. The van der Waals surface area contributed by atoms with Crippen LogP contribution in [0.4, 0.5) is 0 Å². The fourth-order valence-electron chi connectivity index (χ4n) is 2.65. The van der Waals surface area contributed by atoms with E-state index in [-0.39, 0.29) is 5.56 Å². The third kappa shape index (κ3) is 3.63. The van der Waals surface area contributed by atoms with E-state index in [1.807, 2.05) is 37.3 Å². The van der Waals surface area contributed by atoms with Crippen LogP contribution in [-0.4, -0.2) is 15.3 Å². The number of nitrogens with zero attached hydrogens (tertiary/aromatic N) is 3. The molecule has 0 amide bonds. The second-order valence-corrected chi connectivity index (χ2v) is 7.82. The van der Waals surface area contributed by atoms with Gasteiger partial charge in [-0.3, -0.25) is 9.36 Å². The fraction of sp³-hybridized carbons (Fsp3) is 0.211. The summed E-state index contributed by atoms with van der Waals surface area (Å²) >= 11 is 5.18. The largest absolute Gasteiger partial charge is 0.294 e. The van der Waals surface area contributed by atoms with Gasteiger partial charge in [0.05, 0.1) is 35.4 Å². The Morgan fingerprint density at radius 2 is 2.12 bits per heavy atom. The van der Waals surface area contributed by atoms with Crippen molar-refractivity contribution in [2.75, 3.05) is 5.75 Å². The maximum atomic E-state index is 12.9. The first-order chi connectivity index (χ1) is 12.0.